The van der Waals surface area contributed by atoms with Gasteiger partial charge in [0.25, 0.3) is 0 Å². The van der Waals surface area contributed by atoms with Crippen LogP contribution in [-0.4, -0.2) is 29.2 Å². The van der Waals surface area contributed by atoms with E-state index in [9.17, 15) is 9.36 Å². The van der Waals surface area contributed by atoms with E-state index in [-0.39, 0.29) is 5.97 Å². The fourth-order valence-corrected chi connectivity index (χ4v) is 5.57. The molecule has 0 aliphatic carbocycles. The number of hydrogen-bond donors (Lipinski definition) is 0. The van der Waals surface area contributed by atoms with Crippen molar-refractivity contribution in [3.8, 4) is 0 Å². The predicted octanol–water partition coefficient (Wildman–Crippen LogP) is 5.53. The van der Waals surface area contributed by atoms with E-state index >= 15 is 0 Å². The van der Waals surface area contributed by atoms with Crippen LogP contribution in [0.25, 0.3) is 10.9 Å². The van der Waals surface area contributed by atoms with Gasteiger partial charge in [0.1, 0.15) is 10.9 Å². The van der Waals surface area contributed by atoms with Gasteiger partial charge in [-0.2, -0.15) is 0 Å². The molecule has 1 aromatic heterocycles. The number of pyridine rings is 1. The van der Waals surface area contributed by atoms with Crippen LogP contribution in [0.4, 0.5) is 0 Å². The van der Waals surface area contributed by atoms with Gasteiger partial charge in [-0.25, -0.2) is 4.98 Å². The number of ether oxygens (including phenoxy) is 1. The number of benzene rings is 2. The van der Waals surface area contributed by atoms with Crippen molar-refractivity contribution >= 4 is 36.4 Å². The first-order valence-electron chi connectivity index (χ1n) is 9.27. The van der Waals surface area contributed by atoms with Gasteiger partial charge in [-0.1, -0.05) is 70.9 Å². The lowest BCUT2D eigenvalue weighted by Gasteiger charge is -2.11. The molecule has 0 saturated heterocycles. The fraction of sp³-hybridized carbons (Fsp3) is 0.273. The zero-order valence-electron chi connectivity index (χ0n) is 15.8. The Morgan fingerprint density at radius 2 is 1.82 bits per heavy atom. The summed E-state index contributed by atoms with van der Waals surface area (Å²) >= 11 is 1.47. The molecule has 3 rings (SSSR count). The van der Waals surface area contributed by atoms with Gasteiger partial charge in [0.15, 0.2) is 11.7 Å². The standard InChI is InChI=1S/C22H23NO3PS/c1-2-26-22(24)19(14-17-8-4-3-5-9-17)15-27(25)16-28-21-13-12-18-10-6-7-11-20(18)23-21/h3-13,19H,2,14-16H2,1H3/q+1. The summed E-state index contributed by atoms with van der Waals surface area (Å²) in [6.07, 6.45) is 0.864. The van der Waals surface area contributed by atoms with Crippen LogP contribution in [0.1, 0.15) is 12.5 Å². The first kappa shape index (κ1) is 20.5. The Hall–Kier alpha value is -2.23. The molecule has 0 N–H and O–H groups in total. The van der Waals surface area contributed by atoms with E-state index in [0.29, 0.717) is 24.7 Å². The Morgan fingerprint density at radius 3 is 2.61 bits per heavy atom. The molecule has 0 spiro atoms. The van der Waals surface area contributed by atoms with Gasteiger partial charge >= 0.3 is 13.8 Å². The zero-order chi connectivity index (χ0) is 19.8. The summed E-state index contributed by atoms with van der Waals surface area (Å²) in [5, 5.41) is 1.93. The number of nitrogens with zero attached hydrogens (tertiary/aromatic N) is 1. The third-order valence-electron chi connectivity index (χ3n) is 4.30. The lowest BCUT2D eigenvalue weighted by atomic mass is 10.0. The lowest BCUT2D eigenvalue weighted by molar-refractivity contribution is -0.147. The molecule has 6 heteroatoms. The summed E-state index contributed by atoms with van der Waals surface area (Å²) in [6.45, 7) is 2.12. The maximum Gasteiger partial charge on any atom is 0.350 e. The molecule has 2 aromatic carbocycles. The number of esters is 1. The summed E-state index contributed by atoms with van der Waals surface area (Å²) in [7, 11) is -1.55. The molecule has 1 heterocycles. The second kappa shape index (κ2) is 10.4. The van der Waals surface area contributed by atoms with E-state index in [1.54, 1.807) is 6.92 Å². The molecular weight excluding hydrogens is 389 g/mol. The maximum atomic E-state index is 12.7. The second-order valence-electron chi connectivity index (χ2n) is 6.42. The van der Waals surface area contributed by atoms with E-state index in [0.717, 1.165) is 21.5 Å². The SMILES string of the molecule is CCOC(=O)C(Cc1ccccc1)C[P+](=O)CSc1ccc2ccccc2n1. The monoisotopic (exact) mass is 412 g/mol. The fourth-order valence-electron chi connectivity index (χ4n) is 2.95. The molecule has 0 aliphatic rings. The highest BCUT2D eigenvalue weighted by Gasteiger charge is 2.30. The number of aromatic nitrogens is 1. The molecule has 2 unspecified atom stereocenters. The molecule has 144 valence electrons. The smallest absolute Gasteiger partial charge is 0.350 e. The maximum absolute atomic E-state index is 12.7. The van der Waals surface area contributed by atoms with Gasteiger partial charge in [-0.15, -0.1) is 0 Å². The van der Waals surface area contributed by atoms with Gasteiger partial charge in [-0.05, 0) is 31.0 Å². The molecule has 28 heavy (non-hydrogen) atoms. The minimum absolute atomic E-state index is 0.275. The summed E-state index contributed by atoms with van der Waals surface area (Å²) < 4.78 is 17.9. The summed E-state index contributed by atoms with van der Waals surface area (Å²) in [5.41, 5.74) is 2.41. The van der Waals surface area contributed by atoms with Crippen molar-refractivity contribution in [1.29, 1.82) is 0 Å². The average molecular weight is 412 g/mol. The quantitative estimate of drug-likeness (QED) is 0.263. The van der Waals surface area contributed by atoms with Crippen LogP contribution in [0.5, 0.6) is 0 Å². The highest BCUT2D eigenvalue weighted by molar-refractivity contribution is 8.03. The Kier molecular flexibility index (Phi) is 7.58. The van der Waals surface area contributed by atoms with Gasteiger partial charge in [0.05, 0.1) is 12.1 Å². The summed E-state index contributed by atoms with van der Waals surface area (Å²) in [6, 6.07) is 21.7. The molecule has 0 bridgehead atoms. The van der Waals surface area contributed by atoms with Crippen molar-refractivity contribution < 1.29 is 14.1 Å². The van der Waals surface area contributed by atoms with E-state index < -0.39 is 13.7 Å². The molecule has 0 saturated carbocycles. The van der Waals surface area contributed by atoms with Crippen molar-refractivity contribution in [1.82, 2.24) is 4.98 Å². The Balaban J connectivity index is 1.61. The van der Waals surface area contributed by atoms with Gasteiger partial charge in [-0.3, -0.25) is 4.79 Å². The van der Waals surface area contributed by atoms with Crippen LogP contribution < -0.4 is 0 Å². The third kappa shape index (κ3) is 5.88. The Bertz CT molecular complexity index is 949. The normalized spacial score (nSPS) is 12.5. The first-order chi connectivity index (χ1) is 13.7. The Labute approximate surface area is 170 Å². The molecule has 0 amide bonds. The highest BCUT2D eigenvalue weighted by Crippen LogP contribution is 2.34. The molecule has 0 radical (unpaired) electrons. The average Bonchev–Trinajstić information content (AvgIpc) is 2.72. The largest absolute Gasteiger partial charge is 0.466 e. The van der Waals surface area contributed by atoms with Crippen LogP contribution in [0.15, 0.2) is 71.8 Å². The number of para-hydroxylation sites is 1. The number of hydrogen-bond acceptors (Lipinski definition) is 5. The van der Waals surface area contributed by atoms with Crippen LogP contribution in [0.2, 0.25) is 0 Å². The third-order valence-corrected chi connectivity index (χ3v) is 7.34. The van der Waals surface area contributed by atoms with E-state index in [1.807, 2.05) is 66.7 Å². The predicted molar refractivity (Wildman–Crippen MR) is 115 cm³/mol. The molecule has 0 aliphatic heterocycles. The Morgan fingerprint density at radius 1 is 1.07 bits per heavy atom. The van der Waals surface area contributed by atoms with E-state index in [2.05, 4.69) is 4.98 Å². The van der Waals surface area contributed by atoms with E-state index in [1.165, 1.54) is 11.8 Å². The van der Waals surface area contributed by atoms with Crippen molar-refractivity contribution in [2.45, 2.75) is 18.4 Å². The number of thioether (sulfide) groups is 1. The number of rotatable bonds is 9. The minimum atomic E-state index is -1.55. The zero-order valence-corrected chi connectivity index (χ0v) is 17.5. The van der Waals surface area contributed by atoms with Crippen molar-refractivity contribution in [3.63, 3.8) is 0 Å². The number of fused-ring (bicyclic) bond motifs is 1. The first-order valence-corrected chi connectivity index (χ1v) is 11.9. The van der Waals surface area contributed by atoms with Crippen LogP contribution in [0, 0.1) is 5.92 Å². The van der Waals surface area contributed by atoms with Gasteiger partial charge in [0, 0.05) is 5.39 Å². The molecular formula is C22H23NO3PS+. The number of carbonyl (C=O) groups is 1. The van der Waals surface area contributed by atoms with Gasteiger partial charge in [0.2, 0.25) is 0 Å². The van der Waals surface area contributed by atoms with Gasteiger partial charge < -0.3 is 4.74 Å². The molecule has 2 atom stereocenters. The van der Waals surface area contributed by atoms with Crippen molar-refractivity contribution in [3.05, 3.63) is 72.3 Å². The van der Waals surface area contributed by atoms with Crippen LogP contribution in [-0.2, 0) is 20.5 Å². The highest BCUT2D eigenvalue weighted by atomic mass is 32.2. The second-order valence-corrected chi connectivity index (χ2v) is 9.49. The molecule has 0 fully saturated rings. The number of carbonyl (C=O) groups excluding carboxylic acids is 1. The van der Waals surface area contributed by atoms with Crippen LogP contribution >= 0.6 is 19.6 Å². The minimum Gasteiger partial charge on any atom is -0.466 e. The topological polar surface area (TPSA) is 56.3 Å². The summed E-state index contributed by atoms with van der Waals surface area (Å²) in [4.78, 5) is 16.9. The lowest BCUT2D eigenvalue weighted by Crippen LogP contribution is -2.22. The van der Waals surface area contributed by atoms with Crippen molar-refractivity contribution in [2.75, 3.05) is 18.3 Å². The van der Waals surface area contributed by atoms with Crippen LogP contribution in [0.3, 0.4) is 0 Å². The van der Waals surface area contributed by atoms with E-state index in [4.69, 9.17) is 4.74 Å². The molecule has 4 nitrogen and oxygen atoms in total. The van der Waals surface area contributed by atoms with Crippen molar-refractivity contribution in [2.24, 2.45) is 5.92 Å². The summed E-state index contributed by atoms with van der Waals surface area (Å²) in [5.74, 6) is -0.667. The molecule has 3 aromatic rings.